The van der Waals surface area contributed by atoms with E-state index in [0.717, 1.165) is 12.1 Å². The van der Waals surface area contributed by atoms with Gasteiger partial charge in [0.15, 0.2) is 0 Å². The van der Waals surface area contributed by atoms with Crippen LogP contribution in [0.2, 0.25) is 0 Å². The van der Waals surface area contributed by atoms with Crippen molar-refractivity contribution in [3.63, 3.8) is 0 Å². The number of alkyl halides is 3. The zero-order valence-corrected chi connectivity index (χ0v) is 11.2. The number of carboxylic acids is 1. The Morgan fingerprint density at radius 1 is 1.37 bits per heavy atom. The van der Waals surface area contributed by atoms with Crippen molar-refractivity contribution in [1.82, 2.24) is 5.32 Å². The number of carboxylic acid groups (broad SMARTS) is 1. The molecule has 1 rings (SSSR count). The SMILES string of the molecule is C[C@H](NC(=O)c1cc(C(F)(F)F)ccc1Br)C(=O)O. The summed E-state index contributed by atoms with van der Waals surface area (Å²) in [6, 6.07) is 1.37. The molecule has 0 aliphatic carbocycles. The number of benzene rings is 1. The molecule has 0 radical (unpaired) electrons. The average Bonchev–Trinajstić information content (AvgIpc) is 2.27. The molecule has 0 bridgehead atoms. The van der Waals surface area contributed by atoms with Crippen LogP contribution in [0.3, 0.4) is 0 Å². The van der Waals surface area contributed by atoms with E-state index in [9.17, 15) is 22.8 Å². The van der Waals surface area contributed by atoms with Crippen molar-refractivity contribution in [3.8, 4) is 0 Å². The van der Waals surface area contributed by atoms with Gasteiger partial charge in [-0.15, -0.1) is 0 Å². The zero-order valence-electron chi connectivity index (χ0n) is 9.58. The Balaban J connectivity index is 3.06. The molecule has 0 saturated heterocycles. The van der Waals surface area contributed by atoms with Crippen LogP contribution >= 0.6 is 15.9 Å². The van der Waals surface area contributed by atoms with Crippen LogP contribution in [-0.4, -0.2) is 23.0 Å². The molecule has 0 aliphatic rings. The fraction of sp³-hybridized carbons (Fsp3) is 0.273. The summed E-state index contributed by atoms with van der Waals surface area (Å²) in [5.41, 5.74) is -1.26. The van der Waals surface area contributed by atoms with Gasteiger partial charge in [-0.25, -0.2) is 0 Å². The monoisotopic (exact) mass is 339 g/mol. The topological polar surface area (TPSA) is 66.4 Å². The number of nitrogens with one attached hydrogen (secondary N) is 1. The molecule has 2 N–H and O–H groups in total. The Bertz CT molecular complexity index is 516. The first-order valence-electron chi connectivity index (χ1n) is 5.03. The van der Waals surface area contributed by atoms with E-state index >= 15 is 0 Å². The third-order valence-electron chi connectivity index (χ3n) is 2.26. The lowest BCUT2D eigenvalue weighted by Crippen LogP contribution is -2.38. The Hall–Kier alpha value is -1.57. The first-order chi connectivity index (χ1) is 8.62. The Labute approximate surface area is 114 Å². The minimum absolute atomic E-state index is 0.149. The Kier molecular flexibility index (Phi) is 4.56. The molecule has 0 aliphatic heterocycles. The Morgan fingerprint density at radius 2 is 1.95 bits per heavy atom. The highest BCUT2D eigenvalue weighted by Crippen LogP contribution is 2.31. The summed E-state index contributed by atoms with van der Waals surface area (Å²) in [4.78, 5) is 22.3. The normalized spacial score (nSPS) is 12.9. The van der Waals surface area contributed by atoms with Crippen LogP contribution in [-0.2, 0) is 11.0 Å². The van der Waals surface area contributed by atoms with Crippen molar-refractivity contribution in [3.05, 3.63) is 33.8 Å². The van der Waals surface area contributed by atoms with E-state index in [-0.39, 0.29) is 10.0 Å². The summed E-state index contributed by atoms with van der Waals surface area (Å²) < 4.78 is 37.7. The summed E-state index contributed by atoms with van der Waals surface area (Å²) in [5, 5.41) is 10.7. The minimum atomic E-state index is -4.58. The highest BCUT2D eigenvalue weighted by Gasteiger charge is 2.31. The number of hydrogen-bond acceptors (Lipinski definition) is 2. The number of aliphatic carboxylic acids is 1. The molecular weight excluding hydrogens is 331 g/mol. The average molecular weight is 340 g/mol. The molecule has 0 spiro atoms. The summed E-state index contributed by atoms with van der Waals surface area (Å²) in [6.45, 7) is 1.21. The molecule has 0 saturated carbocycles. The Morgan fingerprint density at radius 3 is 2.42 bits per heavy atom. The highest BCUT2D eigenvalue weighted by atomic mass is 79.9. The molecule has 0 unspecified atom stereocenters. The van der Waals surface area contributed by atoms with Crippen LogP contribution in [0.1, 0.15) is 22.8 Å². The van der Waals surface area contributed by atoms with Gasteiger partial charge < -0.3 is 10.4 Å². The summed E-state index contributed by atoms with van der Waals surface area (Å²) in [7, 11) is 0. The summed E-state index contributed by atoms with van der Waals surface area (Å²) in [6.07, 6.45) is -4.58. The van der Waals surface area contributed by atoms with Gasteiger partial charge in [0.25, 0.3) is 5.91 Å². The van der Waals surface area contributed by atoms with Crippen LogP contribution in [0.15, 0.2) is 22.7 Å². The van der Waals surface area contributed by atoms with E-state index < -0.39 is 29.7 Å². The van der Waals surface area contributed by atoms with Gasteiger partial charge in [0, 0.05) is 4.47 Å². The minimum Gasteiger partial charge on any atom is -0.480 e. The molecule has 104 valence electrons. The van der Waals surface area contributed by atoms with Crippen molar-refractivity contribution in [1.29, 1.82) is 0 Å². The van der Waals surface area contributed by atoms with E-state index in [1.165, 1.54) is 6.92 Å². The number of rotatable bonds is 3. The van der Waals surface area contributed by atoms with Gasteiger partial charge in [0.05, 0.1) is 11.1 Å². The van der Waals surface area contributed by atoms with Crippen molar-refractivity contribution >= 4 is 27.8 Å². The predicted octanol–water partition coefficient (Wildman–Crippen LogP) is 2.67. The van der Waals surface area contributed by atoms with Crippen molar-refractivity contribution in [2.45, 2.75) is 19.1 Å². The summed E-state index contributed by atoms with van der Waals surface area (Å²) in [5.74, 6) is -2.18. The van der Waals surface area contributed by atoms with Crippen molar-refractivity contribution < 1.29 is 27.9 Å². The van der Waals surface area contributed by atoms with Crippen LogP contribution in [0.25, 0.3) is 0 Å². The molecule has 1 aromatic carbocycles. The molecule has 8 heteroatoms. The molecule has 0 aromatic heterocycles. The van der Waals surface area contributed by atoms with Gasteiger partial charge in [0.2, 0.25) is 0 Å². The molecular formula is C11H9BrF3NO3. The number of amides is 1. The third-order valence-corrected chi connectivity index (χ3v) is 2.95. The van der Waals surface area contributed by atoms with Gasteiger partial charge in [0.1, 0.15) is 6.04 Å². The molecule has 19 heavy (non-hydrogen) atoms. The molecule has 1 atom stereocenters. The number of carbonyl (C=O) groups excluding carboxylic acids is 1. The lowest BCUT2D eigenvalue weighted by molar-refractivity contribution is -0.139. The maximum absolute atomic E-state index is 12.5. The van der Waals surface area contributed by atoms with Crippen LogP contribution < -0.4 is 5.32 Å². The van der Waals surface area contributed by atoms with Crippen LogP contribution in [0, 0.1) is 0 Å². The first-order valence-corrected chi connectivity index (χ1v) is 5.82. The van der Waals surface area contributed by atoms with Gasteiger partial charge in [-0.2, -0.15) is 13.2 Å². The van der Waals surface area contributed by atoms with Gasteiger partial charge in [-0.05, 0) is 41.1 Å². The highest BCUT2D eigenvalue weighted by molar-refractivity contribution is 9.10. The smallest absolute Gasteiger partial charge is 0.416 e. The number of carbonyl (C=O) groups is 2. The van der Waals surface area contributed by atoms with Crippen LogP contribution in [0.4, 0.5) is 13.2 Å². The maximum Gasteiger partial charge on any atom is 0.416 e. The molecule has 1 amide bonds. The van der Waals surface area contributed by atoms with Crippen molar-refractivity contribution in [2.24, 2.45) is 0 Å². The standard InChI is InChI=1S/C11H9BrF3NO3/c1-5(10(18)19)16-9(17)7-4-6(11(13,14)15)2-3-8(7)12/h2-5H,1H3,(H,16,17)(H,18,19)/t5-/m0/s1. The number of halogens is 4. The lowest BCUT2D eigenvalue weighted by atomic mass is 10.1. The largest absolute Gasteiger partial charge is 0.480 e. The van der Waals surface area contributed by atoms with E-state index in [0.29, 0.717) is 6.07 Å². The third kappa shape index (κ3) is 3.95. The first kappa shape index (κ1) is 15.5. The van der Waals surface area contributed by atoms with Gasteiger partial charge in [-0.1, -0.05) is 0 Å². The summed E-state index contributed by atoms with van der Waals surface area (Å²) >= 11 is 2.95. The van der Waals surface area contributed by atoms with E-state index in [1.807, 2.05) is 0 Å². The van der Waals surface area contributed by atoms with Crippen molar-refractivity contribution in [2.75, 3.05) is 0 Å². The molecule has 0 heterocycles. The van der Waals surface area contributed by atoms with E-state index in [2.05, 4.69) is 21.2 Å². The molecule has 1 aromatic rings. The molecule has 0 fully saturated rings. The second kappa shape index (κ2) is 5.60. The fourth-order valence-electron chi connectivity index (χ4n) is 1.21. The van der Waals surface area contributed by atoms with Gasteiger partial charge >= 0.3 is 12.1 Å². The fourth-order valence-corrected chi connectivity index (χ4v) is 1.64. The second-order valence-electron chi connectivity index (χ2n) is 3.73. The second-order valence-corrected chi connectivity index (χ2v) is 4.58. The van der Waals surface area contributed by atoms with Crippen LogP contribution in [0.5, 0.6) is 0 Å². The van der Waals surface area contributed by atoms with Gasteiger partial charge in [-0.3, -0.25) is 9.59 Å². The quantitative estimate of drug-likeness (QED) is 0.889. The van der Waals surface area contributed by atoms with E-state index in [4.69, 9.17) is 5.11 Å². The predicted molar refractivity (Wildman–Crippen MR) is 63.7 cm³/mol. The lowest BCUT2D eigenvalue weighted by Gasteiger charge is -2.12. The van der Waals surface area contributed by atoms with E-state index in [1.54, 1.807) is 0 Å². The maximum atomic E-state index is 12.5. The molecule has 4 nitrogen and oxygen atoms in total. The zero-order chi connectivity index (χ0) is 14.8. The number of hydrogen-bond donors (Lipinski definition) is 2.